The molecular formula is C31H63N3S3. The zero-order chi connectivity index (χ0) is 26.8. The third-order valence-corrected chi connectivity index (χ3v) is 18.9. The van der Waals surface area contributed by atoms with Crippen LogP contribution in [0.1, 0.15) is 19.3 Å². The lowest BCUT2D eigenvalue weighted by molar-refractivity contribution is 0.0532. The van der Waals surface area contributed by atoms with Crippen LogP contribution < -0.4 is 0 Å². The van der Waals surface area contributed by atoms with E-state index in [1.807, 2.05) is 0 Å². The van der Waals surface area contributed by atoms with Crippen LogP contribution in [0.5, 0.6) is 0 Å². The van der Waals surface area contributed by atoms with Crippen LogP contribution >= 0.6 is 30.1 Å². The molecule has 0 N–H and O–H groups in total. The molecule has 220 valence electrons. The minimum atomic E-state index is -0.192. The second-order valence-corrected chi connectivity index (χ2v) is 29.4. The Morgan fingerprint density at radius 2 is 0.919 bits per heavy atom. The quantitative estimate of drug-likeness (QED) is 0.408. The summed E-state index contributed by atoms with van der Waals surface area (Å²) in [4.78, 5) is 7.54. The number of likely N-dealkylation sites (tertiary alicyclic amines) is 3. The highest BCUT2D eigenvalue weighted by atomic mass is 32.3. The van der Waals surface area contributed by atoms with Crippen molar-refractivity contribution in [2.45, 2.75) is 19.3 Å². The Hall–Kier alpha value is 0.930. The van der Waals surface area contributed by atoms with E-state index in [4.69, 9.17) is 0 Å². The first-order chi connectivity index (χ1) is 17.1. The summed E-state index contributed by atoms with van der Waals surface area (Å²) in [6, 6.07) is 0. The van der Waals surface area contributed by atoms with E-state index in [1.54, 1.807) is 35.9 Å². The van der Waals surface area contributed by atoms with Crippen LogP contribution in [0.4, 0.5) is 0 Å². The molecule has 0 aromatic rings. The summed E-state index contributed by atoms with van der Waals surface area (Å²) < 4.78 is 0. The Balaban J connectivity index is 0.000000116. The highest BCUT2D eigenvalue weighted by molar-refractivity contribution is 8.34. The molecule has 6 atom stereocenters. The minimum absolute atomic E-state index is 0.100. The zero-order valence-electron chi connectivity index (χ0n) is 26.1. The van der Waals surface area contributed by atoms with Gasteiger partial charge in [-0.15, -0.1) is 0 Å². The van der Waals surface area contributed by atoms with E-state index in [0.717, 1.165) is 40.9 Å². The van der Waals surface area contributed by atoms with Gasteiger partial charge >= 0.3 is 0 Å². The van der Waals surface area contributed by atoms with Gasteiger partial charge in [-0.05, 0) is 148 Å². The molecule has 6 unspecified atom stereocenters. The normalized spacial score (nSPS) is 45.3. The lowest BCUT2D eigenvalue weighted by Crippen LogP contribution is -2.65. The number of hydrogen-bond donors (Lipinski definition) is 0. The molecule has 1 saturated carbocycles. The summed E-state index contributed by atoms with van der Waals surface area (Å²) in [7, 11) is 6.34. The predicted molar refractivity (Wildman–Crippen MR) is 177 cm³/mol. The molecule has 0 amide bonds. The Bertz CT molecular complexity index is 754. The van der Waals surface area contributed by atoms with Gasteiger partial charge in [0.2, 0.25) is 0 Å². The van der Waals surface area contributed by atoms with Gasteiger partial charge in [0.05, 0.1) is 0 Å². The van der Waals surface area contributed by atoms with Gasteiger partial charge in [0, 0.05) is 44.7 Å². The van der Waals surface area contributed by atoms with Gasteiger partial charge in [-0.2, -0.15) is 0 Å². The summed E-state index contributed by atoms with van der Waals surface area (Å²) >= 11 is 0. The molecule has 0 radical (unpaired) electrons. The fourth-order valence-corrected chi connectivity index (χ4v) is 20.6. The van der Waals surface area contributed by atoms with E-state index in [-0.39, 0.29) is 30.1 Å². The lowest BCUT2D eigenvalue weighted by atomic mass is 9.71. The van der Waals surface area contributed by atoms with E-state index in [1.165, 1.54) is 57.2 Å². The van der Waals surface area contributed by atoms with Crippen LogP contribution in [0.25, 0.3) is 0 Å². The Labute approximate surface area is 236 Å². The maximum absolute atomic E-state index is 2.56. The second-order valence-electron chi connectivity index (χ2n) is 16.9. The average Bonchev–Trinajstić information content (AvgIpc) is 3.17. The van der Waals surface area contributed by atoms with E-state index in [2.05, 4.69) is 73.4 Å². The first kappa shape index (κ1) is 29.4. The molecule has 7 aliphatic rings. The number of hydrogen-bond acceptors (Lipinski definition) is 3. The van der Waals surface area contributed by atoms with Crippen LogP contribution in [-0.2, 0) is 0 Å². The summed E-state index contributed by atoms with van der Waals surface area (Å²) in [5.41, 5.74) is 0.813. The molecule has 7 rings (SSSR count). The number of rotatable bonds is 0. The molecule has 6 heterocycles. The number of piperidine rings is 1. The van der Waals surface area contributed by atoms with Crippen LogP contribution in [0.2, 0.25) is 0 Å². The van der Waals surface area contributed by atoms with Crippen molar-refractivity contribution in [1.29, 1.82) is 0 Å². The maximum Gasteiger partial charge on any atom is 0.0109 e. The molecule has 6 aliphatic heterocycles. The first-order valence-corrected chi connectivity index (χ1v) is 23.6. The second kappa shape index (κ2) is 10.6. The third kappa shape index (κ3) is 7.23. The van der Waals surface area contributed by atoms with Gasteiger partial charge < -0.3 is 14.7 Å². The maximum atomic E-state index is 2.56. The van der Waals surface area contributed by atoms with Gasteiger partial charge in [0.15, 0.2) is 0 Å². The van der Waals surface area contributed by atoms with E-state index in [9.17, 15) is 0 Å². The van der Waals surface area contributed by atoms with E-state index in [0.29, 0.717) is 0 Å². The van der Waals surface area contributed by atoms with Crippen LogP contribution in [0.15, 0.2) is 0 Å². The fourth-order valence-electron chi connectivity index (χ4n) is 10.6. The molecular weight excluding hydrogens is 511 g/mol. The van der Waals surface area contributed by atoms with E-state index >= 15 is 0 Å². The van der Waals surface area contributed by atoms with Gasteiger partial charge in [0.25, 0.3) is 0 Å². The SMILES string of the molecule is CN1CC2(C1)CS(C)(C)C2.CN1CC2CC(C1)CS(C)(C)C2.CN1CC2CC3CS(C)(C)CC3CC2C1. The molecule has 2 bridgehead atoms. The topological polar surface area (TPSA) is 9.72 Å². The summed E-state index contributed by atoms with van der Waals surface area (Å²) in [6.07, 6.45) is 19.8. The molecule has 0 aromatic carbocycles. The Morgan fingerprint density at radius 1 is 0.486 bits per heavy atom. The molecule has 7 fully saturated rings. The van der Waals surface area contributed by atoms with Crippen LogP contribution in [0.3, 0.4) is 0 Å². The lowest BCUT2D eigenvalue weighted by Gasteiger charge is -2.64. The molecule has 6 heteroatoms. The van der Waals surface area contributed by atoms with Gasteiger partial charge in [0.1, 0.15) is 0 Å². The average molecular weight is 574 g/mol. The van der Waals surface area contributed by atoms with Gasteiger partial charge in [-0.25, -0.2) is 30.1 Å². The van der Waals surface area contributed by atoms with Crippen molar-refractivity contribution >= 4 is 30.1 Å². The molecule has 6 saturated heterocycles. The number of fused-ring (bicyclic) bond motifs is 4. The van der Waals surface area contributed by atoms with Crippen molar-refractivity contribution in [1.82, 2.24) is 14.7 Å². The van der Waals surface area contributed by atoms with Crippen molar-refractivity contribution in [2.75, 3.05) is 132 Å². The molecule has 0 aromatic heterocycles. The minimum Gasteiger partial charge on any atom is -0.306 e. The molecule has 1 spiro atoms. The molecule has 1 aliphatic carbocycles. The van der Waals surface area contributed by atoms with Crippen molar-refractivity contribution in [2.24, 2.45) is 40.9 Å². The molecule has 3 nitrogen and oxygen atoms in total. The Morgan fingerprint density at radius 3 is 1.35 bits per heavy atom. The Kier molecular flexibility index (Phi) is 8.46. The van der Waals surface area contributed by atoms with Gasteiger partial charge in [-0.3, -0.25) is 0 Å². The predicted octanol–water partition coefficient (Wildman–Crippen LogP) is 4.90. The van der Waals surface area contributed by atoms with Gasteiger partial charge in [-0.1, -0.05) is 0 Å². The van der Waals surface area contributed by atoms with Crippen molar-refractivity contribution in [3.05, 3.63) is 0 Å². The van der Waals surface area contributed by atoms with Crippen LogP contribution in [0, 0.1) is 40.9 Å². The number of nitrogens with zero attached hydrogens (tertiary/aromatic N) is 3. The zero-order valence-corrected chi connectivity index (χ0v) is 28.6. The van der Waals surface area contributed by atoms with Crippen LogP contribution in [-0.4, -0.2) is 147 Å². The third-order valence-electron chi connectivity index (χ3n) is 10.8. The van der Waals surface area contributed by atoms with Crippen molar-refractivity contribution in [3.8, 4) is 0 Å². The monoisotopic (exact) mass is 573 g/mol. The van der Waals surface area contributed by atoms with E-state index < -0.39 is 0 Å². The van der Waals surface area contributed by atoms with Crippen molar-refractivity contribution < 1.29 is 0 Å². The standard InChI is InChI=1S/C13H25NS.C10H21NS.C8H17NS/c1-14-6-10-4-12-8-15(2,3)9-13(12)5-11(10)7-14;1-11-5-9-4-10(6-11)8-12(2,3)7-9;1-9-4-8(5-9)6-10(2,3)7-8/h10-13H,4-9H2,1-3H3;9-10H,4-8H2,1-3H3;4-7H2,1-3H3. The largest absolute Gasteiger partial charge is 0.306 e. The summed E-state index contributed by atoms with van der Waals surface area (Å²) in [5.74, 6) is 15.8. The summed E-state index contributed by atoms with van der Waals surface area (Å²) in [6.45, 7) is 8.28. The first-order valence-electron chi connectivity index (χ1n) is 15.2. The van der Waals surface area contributed by atoms with Crippen molar-refractivity contribution in [3.63, 3.8) is 0 Å². The summed E-state index contributed by atoms with van der Waals surface area (Å²) in [5, 5.41) is 0. The molecule has 37 heavy (non-hydrogen) atoms. The smallest absolute Gasteiger partial charge is 0.0109 e. The highest BCUT2D eigenvalue weighted by Gasteiger charge is 2.52. The fraction of sp³-hybridized carbons (Fsp3) is 1.00. The highest BCUT2D eigenvalue weighted by Crippen LogP contribution is 2.62.